The molecule has 2 atom stereocenters. The predicted molar refractivity (Wildman–Crippen MR) is 150 cm³/mol. The lowest BCUT2D eigenvalue weighted by atomic mass is 9.84. The molecular weight excluding hydrogens is 498 g/mol. The fraction of sp³-hybridized carbons (Fsp3) is 0.267. The van der Waals surface area contributed by atoms with E-state index in [9.17, 15) is 9.59 Å². The van der Waals surface area contributed by atoms with Crippen molar-refractivity contribution < 1.29 is 19.4 Å². The Bertz CT molecular complexity index is 1100. The van der Waals surface area contributed by atoms with Crippen LogP contribution in [0, 0.1) is 0 Å². The number of hydrogen-bond acceptors (Lipinski definition) is 6. The van der Waals surface area contributed by atoms with Gasteiger partial charge in [-0.1, -0.05) is 97.1 Å². The second-order valence-corrected chi connectivity index (χ2v) is 10.4. The van der Waals surface area contributed by atoms with E-state index in [1.807, 2.05) is 54.6 Å². The summed E-state index contributed by atoms with van der Waals surface area (Å²) in [5, 5.41) is 2.74. The molecule has 38 heavy (non-hydrogen) atoms. The number of rotatable bonds is 11. The maximum atomic E-state index is 13.1. The van der Waals surface area contributed by atoms with Crippen molar-refractivity contribution in [2.75, 3.05) is 26.2 Å². The van der Waals surface area contributed by atoms with Crippen LogP contribution in [0.1, 0.15) is 23.1 Å². The Balaban J connectivity index is 1.73. The van der Waals surface area contributed by atoms with Gasteiger partial charge in [0.25, 0.3) is 0 Å². The first kappa shape index (κ1) is 27.4. The lowest BCUT2D eigenvalue weighted by Gasteiger charge is -2.37. The van der Waals surface area contributed by atoms with Gasteiger partial charge in [-0.3, -0.25) is 14.6 Å². The summed E-state index contributed by atoms with van der Waals surface area (Å²) >= 11 is 1.74. The summed E-state index contributed by atoms with van der Waals surface area (Å²) in [6, 6.07) is 30.3. The molecule has 2 amide bonds. The van der Waals surface area contributed by atoms with Gasteiger partial charge in [-0.25, -0.2) is 4.79 Å². The molecule has 198 valence electrons. The summed E-state index contributed by atoms with van der Waals surface area (Å²) in [6.07, 6.45) is 1.23. The van der Waals surface area contributed by atoms with Crippen molar-refractivity contribution in [3.05, 3.63) is 120 Å². The van der Waals surface area contributed by atoms with Crippen molar-refractivity contribution in [1.82, 2.24) is 10.2 Å². The maximum Gasteiger partial charge on any atom is 0.442 e. The molecule has 3 aromatic rings. The van der Waals surface area contributed by atoms with E-state index < -0.39 is 16.9 Å². The number of hydrogen-bond donors (Lipinski definition) is 2. The van der Waals surface area contributed by atoms with Gasteiger partial charge in [-0.15, -0.1) is 18.3 Å². The smallest absolute Gasteiger partial charge is 0.353 e. The Morgan fingerprint density at radius 1 is 0.974 bits per heavy atom. The molecule has 0 radical (unpaired) electrons. The molecule has 3 aromatic carbocycles. The Labute approximate surface area is 227 Å². The Kier molecular flexibility index (Phi) is 9.59. The predicted octanol–water partition coefficient (Wildman–Crippen LogP) is 4.48. The van der Waals surface area contributed by atoms with Crippen molar-refractivity contribution >= 4 is 23.8 Å². The van der Waals surface area contributed by atoms with Crippen molar-refractivity contribution in [3.8, 4) is 0 Å². The fourth-order valence-corrected chi connectivity index (χ4v) is 6.63. The fourth-order valence-electron chi connectivity index (χ4n) is 4.80. The third kappa shape index (κ3) is 6.10. The van der Waals surface area contributed by atoms with Gasteiger partial charge in [0.2, 0.25) is 5.91 Å². The summed E-state index contributed by atoms with van der Waals surface area (Å²) in [4.78, 5) is 37.4. The van der Waals surface area contributed by atoms with Crippen LogP contribution in [0.4, 0.5) is 4.79 Å². The molecule has 1 aliphatic rings. The van der Waals surface area contributed by atoms with Crippen molar-refractivity contribution in [3.63, 3.8) is 0 Å². The molecule has 1 heterocycles. The number of thioether (sulfide) groups is 1. The minimum atomic E-state index is -0.709. The molecule has 0 bridgehead atoms. The average Bonchev–Trinajstić information content (AvgIpc) is 3.40. The first-order valence-corrected chi connectivity index (χ1v) is 13.5. The zero-order valence-electron chi connectivity index (χ0n) is 21.2. The van der Waals surface area contributed by atoms with Crippen LogP contribution in [0.15, 0.2) is 104 Å². The lowest BCUT2D eigenvalue weighted by molar-refractivity contribution is -0.236. The topological polar surface area (TPSA) is 93.9 Å². The Morgan fingerprint density at radius 2 is 1.50 bits per heavy atom. The molecule has 0 unspecified atom stereocenters. The highest BCUT2D eigenvalue weighted by atomic mass is 32.2. The van der Waals surface area contributed by atoms with E-state index in [0.717, 1.165) is 16.7 Å². The standard InChI is InChI=1S/C30H33N3O4S/c1-2-20-36-37-29(35)33-22-26(21-27(33)28(34)32-19-18-31)38-30(23-12-6-3-7-13-23,24-14-8-4-9-15-24)25-16-10-5-11-17-25/h2-17,26-27H,1,18-22,31H2,(H,32,34)/t26-,27-/m0/s1. The minimum Gasteiger partial charge on any atom is -0.353 e. The number of carbonyl (C=O) groups excluding carboxylic acids is 2. The number of amides is 2. The van der Waals surface area contributed by atoms with Gasteiger partial charge in [0.1, 0.15) is 12.6 Å². The lowest BCUT2D eigenvalue weighted by Crippen LogP contribution is -2.47. The van der Waals surface area contributed by atoms with Crippen molar-refractivity contribution in [2.24, 2.45) is 5.73 Å². The van der Waals surface area contributed by atoms with Gasteiger partial charge in [-0.05, 0) is 23.1 Å². The first-order chi connectivity index (χ1) is 18.6. The van der Waals surface area contributed by atoms with Crippen molar-refractivity contribution in [1.29, 1.82) is 0 Å². The third-order valence-electron chi connectivity index (χ3n) is 6.44. The summed E-state index contributed by atoms with van der Waals surface area (Å²) in [5.74, 6) is -0.260. The van der Waals surface area contributed by atoms with Crippen LogP contribution >= 0.6 is 11.8 Å². The highest BCUT2D eigenvalue weighted by molar-refractivity contribution is 8.01. The largest absolute Gasteiger partial charge is 0.442 e. The molecule has 0 aromatic heterocycles. The highest BCUT2D eigenvalue weighted by Crippen LogP contribution is 2.52. The zero-order valence-corrected chi connectivity index (χ0v) is 22.0. The van der Waals surface area contributed by atoms with E-state index in [1.165, 1.54) is 11.0 Å². The number of likely N-dealkylation sites (tertiary alicyclic amines) is 1. The van der Waals surface area contributed by atoms with Crippen LogP contribution in [0.5, 0.6) is 0 Å². The van der Waals surface area contributed by atoms with Gasteiger partial charge in [0.15, 0.2) is 0 Å². The third-order valence-corrected chi connectivity index (χ3v) is 8.18. The van der Waals surface area contributed by atoms with Crippen LogP contribution < -0.4 is 11.1 Å². The van der Waals surface area contributed by atoms with Gasteiger partial charge in [0.05, 0.1) is 4.75 Å². The van der Waals surface area contributed by atoms with Crippen LogP contribution in [-0.4, -0.2) is 54.4 Å². The average molecular weight is 532 g/mol. The maximum absolute atomic E-state index is 13.1. The second kappa shape index (κ2) is 13.3. The van der Waals surface area contributed by atoms with Gasteiger partial charge >= 0.3 is 6.09 Å². The van der Waals surface area contributed by atoms with Gasteiger partial charge in [0, 0.05) is 24.9 Å². The molecule has 0 saturated carbocycles. The van der Waals surface area contributed by atoms with E-state index in [1.54, 1.807) is 11.8 Å². The second-order valence-electron chi connectivity index (χ2n) is 8.93. The molecule has 3 N–H and O–H groups in total. The van der Waals surface area contributed by atoms with Crippen LogP contribution in [0.3, 0.4) is 0 Å². The molecule has 1 saturated heterocycles. The van der Waals surface area contributed by atoms with E-state index in [4.69, 9.17) is 15.5 Å². The zero-order chi connectivity index (χ0) is 26.8. The molecule has 0 aliphatic carbocycles. The monoisotopic (exact) mass is 531 g/mol. The molecule has 1 fully saturated rings. The first-order valence-electron chi connectivity index (χ1n) is 12.6. The van der Waals surface area contributed by atoms with Crippen LogP contribution in [0.25, 0.3) is 0 Å². The minimum absolute atomic E-state index is 0.0565. The SMILES string of the molecule is C=CCOOC(=O)N1C[C@@H](SC(c2ccccc2)(c2ccccc2)c2ccccc2)C[C@H]1C(=O)NCCN. The molecule has 8 heteroatoms. The normalized spacial score (nSPS) is 17.1. The number of nitrogens with zero attached hydrogens (tertiary/aromatic N) is 1. The highest BCUT2D eigenvalue weighted by Gasteiger charge is 2.46. The summed E-state index contributed by atoms with van der Waals surface area (Å²) in [7, 11) is 0. The van der Waals surface area contributed by atoms with Gasteiger partial charge < -0.3 is 11.1 Å². The number of nitrogens with two attached hydrogens (primary N) is 1. The molecular formula is C30H33N3O4S. The molecule has 0 spiro atoms. The van der Waals surface area contributed by atoms with Crippen LogP contribution in [0.2, 0.25) is 0 Å². The van der Waals surface area contributed by atoms with Crippen molar-refractivity contribution in [2.45, 2.75) is 22.5 Å². The Morgan fingerprint density at radius 3 is 1.97 bits per heavy atom. The Hall–Kier alpha value is -3.59. The number of nitrogens with one attached hydrogen (secondary N) is 1. The van der Waals surface area contributed by atoms with E-state index in [2.05, 4.69) is 48.3 Å². The van der Waals surface area contributed by atoms with Crippen LogP contribution in [-0.2, 0) is 19.3 Å². The molecule has 1 aliphatic heterocycles. The van der Waals surface area contributed by atoms with E-state index in [0.29, 0.717) is 26.1 Å². The summed E-state index contributed by atoms with van der Waals surface area (Å²) in [6.45, 7) is 4.57. The summed E-state index contributed by atoms with van der Waals surface area (Å²) in [5.41, 5.74) is 8.94. The van der Waals surface area contributed by atoms with E-state index in [-0.39, 0.29) is 17.8 Å². The molecule has 7 nitrogen and oxygen atoms in total. The van der Waals surface area contributed by atoms with E-state index >= 15 is 0 Å². The molecule has 4 rings (SSSR count). The number of benzene rings is 3. The summed E-state index contributed by atoms with van der Waals surface area (Å²) < 4.78 is -0.577. The number of carbonyl (C=O) groups is 2. The quantitative estimate of drug-likeness (QED) is 0.125. The van der Waals surface area contributed by atoms with Gasteiger partial charge in [-0.2, -0.15) is 4.89 Å².